The van der Waals surface area contributed by atoms with Crippen molar-refractivity contribution in [2.45, 2.75) is 25.8 Å². The Labute approximate surface area is 113 Å². The van der Waals surface area contributed by atoms with E-state index < -0.39 is 34.3 Å². The molecule has 108 valence electrons. The minimum Gasteiger partial charge on any atom is -0.480 e. The van der Waals surface area contributed by atoms with Crippen molar-refractivity contribution in [3.63, 3.8) is 0 Å². The third kappa shape index (κ3) is 3.74. The van der Waals surface area contributed by atoms with E-state index in [1.165, 1.54) is 0 Å². The first-order valence-electron chi connectivity index (χ1n) is 5.84. The molecule has 1 amide bonds. The summed E-state index contributed by atoms with van der Waals surface area (Å²) in [6.45, 7) is 1.74. The van der Waals surface area contributed by atoms with Gasteiger partial charge in [-0.1, -0.05) is 13.3 Å². The number of nitrogens with one attached hydrogen (secondary N) is 1. The summed E-state index contributed by atoms with van der Waals surface area (Å²) in [4.78, 5) is 32.7. The van der Waals surface area contributed by atoms with Crippen LogP contribution in [0.25, 0.3) is 0 Å². The fraction of sp³-hybridized carbons (Fsp3) is 0.333. The van der Waals surface area contributed by atoms with Crippen molar-refractivity contribution in [1.29, 1.82) is 0 Å². The number of halogens is 1. The summed E-state index contributed by atoms with van der Waals surface area (Å²) in [5.41, 5.74) is -1.08. The van der Waals surface area contributed by atoms with E-state index >= 15 is 0 Å². The number of nitro groups is 1. The zero-order chi connectivity index (χ0) is 15.3. The number of nitrogens with zero attached hydrogens (tertiary/aromatic N) is 1. The van der Waals surface area contributed by atoms with Crippen LogP contribution in [0.2, 0.25) is 0 Å². The van der Waals surface area contributed by atoms with E-state index in [1.54, 1.807) is 6.92 Å². The lowest BCUT2D eigenvalue weighted by atomic mass is 10.1. The number of carboxylic acids is 1. The van der Waals surface area contributed by atoms with Gasteiger partial charge in [-0.3, -0.25) is 14.9 Å². The molecule has 1 aromatic carbocycles. The van der Waals surface area contributed by atoms with Crippen LogP contribution in [0.5, 0.6) is 0 Å². The molecule has 0 aromatic heterocycles. The molecule has 0 saturated carbocycles. The van der Waals surface area contributed by atoms with Crippen LogP contribution >= 0.6 is 0 Å². The van der Waals surface area contributed by atoms with Gasteiger partial charge in [0.05, 0.1) is 11.0 Å². The smallest absolute Gasteiger partial charge is 0.326 e. The number of aliphatic carboxylic acids is 1. The highest BCUT2D eigenvalue weighted by Gasteiger charge is 2.25. The van der Waals surface area contributed by atoms with Crippen molar-refractivity contribution in [1.82, 2.24) is 5.32 Å². The summed E-state index contributed by atoms with van der Waals surface area (Å²) in [5.74, 6) is -3.00. The molecule has 1 aromatic rings. The van der Waals surface area contributed by atoms with E-state index in [0.717, 1.165) is 12.1 Å². The molecule has 1 atom stereocenters. The Morgan fingerprint density at radius 3 is 2.65 bits per heavy atom. The lowest BCUT2D eigenvalue weighted by Gasteiger charge is -2.13. The van der Waals surface area contributed by atoms with Crippen LogP contribution in [0.15, 0.2) is 18.2 Å². The van der Waals surface area contributed by atoms with Gasteiger partial charge in [-0.05, 0) is 18.6 Å². The summed E-state index contributed by atoms with van der Waals surface area (Å²) >= 11 is 0. The van der Waals surface area contributed by atoms with Gasteiger partial charge in [-0.2, -0.15) is 0 Å². The zero-order valence-corrected chi connectivity index (χ0v) is 10.6. The Balaban J connectivity index is 3.03. The van der Waals surface area contributed by atoms with Crippen molar-refractivity contribution in [3.8, 4) is 0 Å². The first-order chi connectivity index (χ1) is 9.36. The van der Waals surface area contributed by atoms with Crippen LogP contribution in [-0.2, 0) is 4.79 Å². The highest BCUT2D eigenvalue weighted by molar-refractivity contribution is 5.99. The maximum absolute atomic E-state index is 13.0. The number of carbonyl (C=O) groups is 2. The summed E-state index contributed by atoms with van der Waals surface area (Å²) in [6, 6.07) is 1.33. The second-order valence-corrected chi connectivity index (χ2v) is 4.07. The Hall–Kier alpha value is -2.51. The van der Waals surface area contributed by atoms with Gasteiger partial charge < -0.3 is 10.4 Å². The molecular formula is C12H13FN2O5. The van der Waals surface area contributed by atoms with Crippen LogP contribution < -0.4 is 5.32 Å². The van der Waals surface area contributed by atoms with E-state index in [-0.39, 0.29) is 12.0 Å². The number of nitro benzene ring substituents is 1. The first kappa shape index (κ1) is 15.5. The van der Waals surface area contributed by atoms with Crippen LogP contribution in [-0.4, -0.2) is 27.9 Å². The van der Waals surface area contributed by atoms with Gasteiger partial charge in [0, 0.05) is 0 Å². The SMILES string of the molecule is CCCC(NC(=O)c1ccc(F)cc1[N+](=O)[O-])C(=O)O. The van der Waals surface area contributed by atoms with Crippen molar-refractivity contribution in [3.05, 3.63) is 39.7 Å². The summed E-state index contributed by atoms with van der Waals surface area (Å²) < 4.78 is 13.0. The second-order valence-electron chi connectivity index (χ2n) is 4.07. The van der Waals surface area contributed by atoms with Crippen LogP contribution in [0.1, 0.15) is 30.1 Å². The van der Waals surface area contributed by atoms with E-state index in [2.05, 4.69) is 5.32 Å². The third-order valence-electron chi connectivity index (χ3n) is 2.58. The van der Waals surface area contributed by atoms with Gasteiger partial charge in [-0.25, -0.2) is 9.18 Å². The molecule has 0 spiro atoms. The molecule has 0 saturated heterocycles. The molecule has 0 bridgehead atoms. The third-order valence-corrected chi connectivity index (χ3v) is 2.58. The number of carboxylic acid groups (broad SMARTS) is 1. The standard InChI is InChI=1S/C12H13FN2O5/c1-2-3-9(12(17)18)14-11(16)8-5-4-7(13)6-10(8)15(19)20/h4-6,9H,2-3H2,1H3,(H,14,16)(H,17,18). The van der Waals surface area contributed by atoms with E-state index in [4.69, 9.17) is 5.11 Å². The van der Waals surface area contributed by atoms with E-state index in [0.29, 0.717) is 12.5 Å². The number of hydrogen-bond donors (Lipinski definition) is 2. The molecule has 8 heteroatoms. The molecule has 0 fully saturated rings. The molecule has 7 nitrogen and oxygen atoms in total. The number of benzene rings is 1. The number of carbonyl (C=O) groups excluding carboxylic acids is 1. The topological polar surface area (TPSA) is 110 Å². The second kappa shape index (κ2) is 6.60. The van der Waals surface area contributed by atoms with Crippen LogP contribution in [0.4, 0.5) is 10.1 Å². The minimum atomic E-state index is -1.23. The van der Waals surface area contributed by atoms with Crippen molar-refractivity contribution in [2.24, 2.45) is 0 Å². The minimum absolute atomic E-state index is 0.191. The average Bonchev–Trinajstić information content (AvgIpc) is 2.37. The molecule has 0 aliphatic heterocycles. The van der Waals surface area contributed by atoms with Gasteiger partial charge in [0.25, 0.3) is 11.6 Å². The first-order valence-corrected chi connectivity index (χ1v) is 5.84. The van der Waals surface area contributed by atoms with Gasteiger partial charge in [0.15, 0.2) is 0 Å². The maximum Gasteiger partial charge on any atom is 0.326 e. The zero-order valence-electron chi connectivity index (χ0n) is 10.6. The molecule has 0 aliphatic carbocycles. The molecule has 0 radical (unpaired) electrons. The fourth-order valence-electron chi connectivity index (χ4n) is 1.63. The predicted molar refractivity (Wildman–Crippen MR) is 66.9 cm³/mol. The van der Waals surface area contributed by atoms with Crippen LogP contribution in [0.3, 0.4) is 0 Å². The Morgan fingerprint density at radius 1 is 1.50 bits per heavy atom. The quantitative estimate of drug-likeness (QED) is 0.610. The Bertz CT molecular complexity index is 547. The average molecular weight is 284 g/mol. The fourth-order valence-corrected chi connectivity index (χ4v) is 1.63. The normalized spacial score (nSPS) is 11.7. The molecule has 2 N–H and O–H groups in total. The van der Waals surface area contributed by atoms with Crippen LogP contribution in [0, 0.1) is 15.9 Å². The number of rotatable bonds is 6. The Morgan fingerprint density at radius 2 is 2.15 bits per heavy atom. The van der Waals surface area contributed by atoms with Crippen molar-refractivity contribution < 1.29 is 24.0 Å². The number of amides is 1. The van der Waals surface area contributed by atoms with Crippen molar-refractivity contribution >= 4 is 17.6 Å². The molecule has 1 unspecified atom stereocenters. The van der Waals surface area contributed by atoms with Crippen molar-refractivity contribution in [2.75, 3.05) is 0 Å². The summed E-state index contributed by atoms with van der Waals surface area (Å²) in [6.07, 6.45) is 0.707. The van der Waals surface area contributed by atoms with E-state index in [1.807, 2.05) is 0 Å². The summed E-state index contributed by atoms with van der Waals surface area (Å²) in [5, 5.41) is 21.9. The number of hydrogen-bond acceptors (Lipinski definition) is 4. The lowest BCUT2D eigenvalue weighted by Crippen LogP contribution is -2.40. The highest BCUT2D eigenvalue weighted by atomic mass is 19.1. The highest BCUT2D eigenvalue weighted by Crippen LogP contribution is 2.20. The maximum atomic E-state index is 13.0. The molecule has 0 aliphatic rings. The molecule has 0 heterocycles. The van der Waals surface area contributed by atoms with Gasteiger partial charge >= 0.3 is 5.97 Å². The summed E-state index contributed by atoms with van der Waals surface area (Å²) in [7, 11) is 0. The van der Waals surface area contributed by atoms with Gasteiger partial charge in [0.2, 0.25) is 0 Å². The van der Waals surface area contributed by atoms with Gasteiger partial charge in [-0.15, -0.1) is 0 Å². The van der Waals surface area contributed by atoms with E-state index in [9.17, 15) is 24.1 Å². The Kier molecular flexibility index (Phi) is 5.13. The molecular weight excluding hydrogens is 271 g/mol. The predicted octanol–water partition coefficient (Wildman–Crippen LogP) is 1.72. The monoisotopic (exact) mass is 284 g/mol. The molecule has 20 heavy (non-hydrogen) atoms. The molecule has 1 rings (SSSR count). The lowest BCUT2D eigenvalue weighted by molar-refractivity contribution is -0.385. The largest absolute Gasteiger partial charge is 0.480 e. The van der Waals surface area contributed by atoms with Gasteiger partial charge in [0.1, 0.15) is 17.4 Å².